The summed E-state index contributed by atoms with van der Waals surface area (Å²) in [6.07, 6.45) is -3.16. The lowest BCUT2D eigenvalue weighted by Crippen LogP contribution is -2.58. The van der Waals surface area contributed by atoms with Gasteiger partial charge in [0.1, 0.15) is 55.3 Å². The number of esters is 1. The van der Waals surface area contributed by atoms with Gasteiger partial charge in [0, 0.05) is 72.1 Å². The third-order valence-corrected chi connectivity index (χ3v) is 21.0. The number of aryl methyl sites for hydroxylation is 1. The first-order chi connectivity index (χ1) is 51.0. The van der Waals surface area contributed by atoms with Crippen LogP contribution < -0.4 is 54.7 Å². The van der Waals surface area contributed by atoms with Crippen LogP contribution in [0.15, 0.2) is 51.2 Å². The van der Waals surface area contributed by atoms with Crippen molar-refractivity contribution in [2.75, 3.05) is 48.9 Å². The number of anilines is 2. The number of nitrogen functional groups attached to an aromatic ring is 1. The van der Waals surface area contributed by atoms with Crippen LogP contribution in [0.25, 0.3) is 17.2 Å². The zero-order chi connectivity index (χ0) is 79.7. The fourth-order valence-electron chi connectivity index (χ4n) is 11.7. The van der Waals surface area contributed by atoms with Crippen molar-refractivity contribution >= 4 is 139 Å². The van der Waals surface area contributed by atoms with E-state index in [4.69, 9.17) is 31.4 Å². The van der Waals surface area contributed by atoms with E-state index in [1.54, 1.807) is 20.8 Å². The Morgan fingerprint density at radius 2 is 1.45 bits per heavy atom. The van der Waals surface area contributed by atoms with E-state index in [1.807, 2.05) is 32.2 Å². The fourth-order valence-corrected chi connectivity index (χ4v) is 14.3. The Hall–Kier alpha value is -10.1. The molecule has 13 atom stereocenters. The van der Waals surface area contributed by atoms with Gasteiger partial charge in [-0.2, -0.15) is 4.98 Å². The molecule has 38 nitrogen and oxygen atoms in total. The van der Waals surface area contributed by atoms with Crippen LogP contribution in [0, 0.1) is 24.2 Å². The molecule has 0 aliphatic carbocycles. The Morgan fingerprint density at radius 1 is 0.815 bits per heavy atom. The third-order valence-electron chi connectivity index (χ3n) is 17.8. The number of carboxylic acids is 4. The van der Waals surface area contributed by atoms with Gasteiger partial charge in [0.25, 0.3) is 11.5 Å². The highest BCUT2D eigenvalue weighted by atomic mass is 33.1. The first-order valence-corrected chi connectivity index (χ1v) is 37.7. The zero-order valence-corrected chi connectivity index (χ0v) is 62.5. The lowest BCUT2D eigenvalue weighted by atomic mass is 9.73. The molecule has 2 unspecified atom stereocenters. The predicted octanol–water partition coefficient (Wildman–Crippen LogP) is 0.818. The predicted molar refractivity (Wildman–Crippen MR) is 393 cm³/mol. The van der Waals surface area contributed by atoms with Crippen molar-refractivity contribution in [2.24, 2.45) is 33.7 Å². The number of carbonyl (C=O) groups is 12. The molecule has 108 heavy (non-hydrogen) atoms. The molecule has 5 amide bonds. The van der Waals surface area contributed by atoms with Gasteiger partial charge < -0.3 is 94.0 Å². The maximum atomic E-state index is 14.0. The fraction of sp³-hybridized carbons (Fsp3) is 0.552. The quantitative estimate of drug-likeness (QED) is 0.00748. The summed E-state index contributed by atoms with van der Waals surface area (Å²) >= 11 is 1.45. The molecule has 6 rings (SSSR count). The highest BCUT2D eigenvalue weighted by Crippen LogP contribution is 2.39. The lowest BCUT2D eigenvalue weighted by molar-refractivity contribution is -0.155. The largest absolute Gasteiger partial charge is 0.508 e. The molecule has 2 aliphatic heterocycles. The van der Waals surface area contributed by atoms with E-state index >= 15 is 0 Å². The number of aliphatic hydroxyl groups excluding tert-OH is 2. The molecule has 3 aromatic heterocycles. The van der Waals surface area contributed by atoms with Gasteiger partial charge in [-0.05, 0) is 87.8 Å². The minimum atomic E-state index is -2.00. The van der Waals surface area contributed by atoms with E-state index in [-0.39, 0.29) is 110 Å². The van der Waals surface area contributed by atoms with Crippen LogP contribution in [-0.4, -0.2) is 236 Å². The number of nitrogens with one attached hydrogen (secondary N) is 7. The number of fused-ring (bicyclic) bond motifs is 2. The Bertz CT molecular complexity index is 4010. The van der Waals surface area contributed by atoms with Crippen molar-refractivity contribution in [3.8, 4) is 0 Å². The normalized spacial score (nSPS) is 20.9. The standard InChI is InChI=1S/C67H92N16O22S3/c1-32-9-7-11-45-46(26-47(33(2)23-38-30-106-35(4)74-38)105-52(90)27-48(84)67(5,6)55(92)34(3)54(32)91)83(45)19-20-103-66(102)104-21-22-107-108-31-44(63(100)101)80-60(96)43(25-51(88)89)79-58(94)40(10-8-18-71-64(68)69)77-59(95)42(24-50(86)87)76-49(85)17-16-41(62(98)99)78-57(93)36-12-14-37(15-13-36)72-28-39-29-73-56-53(75-39)61(97)82-65(70)81-56/h12-15,23,29-30,32,34,40-48,54,72,84,91H,7-11,16-22,24-28,31H2,1-6H3,(H,76,85)(H,77,95)(H,78,93)(H,79,94)(H,80,96)(H,86,87)(H,88,89)(H,98,99)(H,100,101)(H4,68,69,71)(H3,70,73,81,82,97)/t32-,34+,40-,41-,42-,43-,44?,45+,46-,47-,48-,54-,83?/m0/s1. The van der Waals surface area contributed by atoms with Crippen LogP contribution in [0.4, 0.5) is 16.4 Å². The van der Waals surface area contributed by atoms with E-state index in [0.717, 1.165) is 26.6 Å². The number of hydrogen-bond donors (Lipinski definition) is 16. The van der Waals surface area contributed by atoms with Crippen molar-refractivity contribution < 1.29 is 102 Å². The minimum absolute atomic E-state index is 0.000727. The highest BCUT2D eigenvalue weighted by molar-refractivity contribution is 8.76. The van der Waals surface area contributed by atoms with Crippen LogP contribution in [0.3, 0.4) is 0 Å². The van der Waals surface area contributed by atoms with Crippen molar-refractivity contribution in [1.29, 1.82) is 0 Å². The van der Waals surface area contributed by atoms with Crippen LogP contribution >= 0.6 is 32.9 Å². The molecule has 0 saturated carbocycles. The molecule has 590 valence electrons. The zero-order valence-electron chi connectivity index (χ0n) is 60.1. The number of Topliss-reactive ketones (excluding diaryl/α,β-unsaturated/α-hetero) is 1. The average molecular weight is 1570 g/mol. The van der Waals surface area contributed by atoms with E-state index in [9.17, 15) is 93.0 Å². The average Bonchev–Trinajstić information content (AvgIpc) is 1.61. The summed E-state index contributed by atoms with van der Waals surface area (Å²) in [4.78, 5) is 194. The number of aliphatic imine (C=N–C) groups is 1. The van der Waals surface area contributed by atoms with Crippen molar-refractivity contribution in [3.63, 3.8) is 0 Å². The molecule has 0 spiro atoms. The molecular formula is C67H92N16O22S3. The second kappa shape index (κ2) is 41.3. The molecule has 0 radical (unpaired) electrons. The summed E-state index contributed by atoms with van der Waals surface area (Å²) < 4.78 is 16.7. The van der Waals surface area contributed by atoms with Crippen LogP contribution in [0.5, 0.6) is 0 Å². The molecule has 4 aromatic rings. The van der Waals surface area contributed by atoms with Gasteiger partial charge in [0.2, 0.25) is 29.6 Å². The summed E-state index contributed by atoms with van der Waals surface area (Å²) in [7, 11) is 1.96. The van der Waals surface area contributed by atoms with E-state index in [0.29, 0.717) is 48.3 Å². The Labute approximate surface area is 630 Å². The SMILES string of the molecule is CC(=Cc1csc(C)n1)[C@@H]1C[C@H]2[C@@H](CCC[C@H](C)[C@H](O)[C@@H](C)C(=O)C(C)(C)[C@@H](O)CC(=O)O1)N2CCOC(=O)OCCSSCC(NC(=O)[C@H](CC(=O)O)NC(=O)[C@H](CCCN=C(N)N)NC(=O)[C@H](CC(=O)O)NC(=O)CC[C@H](NC(=O)c1ccc(NCc2cnc3nc(N)[nH]c(=O)c3n2)cc1)C(=O)O)C(=O)O. The summed E-state index contributed by atoms with van der Waals surface area (Å²) in [5.74, 6) is -15.1. The second-order valence-electron chi connectivity index (χ2n) is 26.4. The van der Waals surface area contributed by atoms with Gasteiger partial charge in [-0.3, -0.25) is 62.8 Å². The van der Waals surface area contributed by atoms with Gasteiger partial charge in [-0.1, -0.05) is 55.7 Å². The maximum absolute atomic E-state index is 14.0. The number of hydrogen-bond acceptors (Lipinski definition) is 29. The molecule has 1 aromatic carbocycles. The monoisotopic (exact) mass is 1570 g/mol. The summed E-state index contributed by atoms with van der Waals surface area (Å²) in [6, 6.07) is -3.57. The first kappa shape index (κ1) is 86.8. The number of thiazole rings is 1. The van der Waals surface area contributed by atoms with Gasteiger partial charge in [0.15, 0.2) is 17.1 Å². The van der Waals surface area contributed by atoms with E-state index in [2.05, 4.69) is 66.7 Å². The molecule has 41 heteroatoms. The summed E-state index contributed by atoms with van der Waals surface area (Å²) in [5, 5.41) is 78.9. The summed E-state index contributed by atoms with van der Waals surface area (Å²) in [5.41, 5.74) is 16.7. The Balaban J connectivity index is 0.985. The molecule has 5 heterocycles. The highest BCUT2D eigenvalue weighted by Gasteiger charge is 2.49. The number of ketones is 1. The number of amides is 5. The molecule has 2 saturated heterocycles. The molecule has 19 N–H and O–H groups in total. The number of aliphatic hydroxyl groups is 2. The van der Waals surface area contributed by atoms with Crippen LogP contribution in [-0.2, 0) is 68.7 Å². The van der Waals surface area contributed by atoms with Crippen LogP contribution in [0.2, 0.25) is 0 Å². The van der Waals surface area contributed by atoms with Gasteiger partial charge in [-0.15, -0.1) is 11.3 Å². The smallest absolute Gasteiger partial charge is 0.481 e. The van der Waals surface area contributed by atoms with Gasteiger partial charge in [0.05, 0.1) is 66.0 Å². The van der Waals surface area contributed by atoms with E-state index in [1.165, 1.54) is 41.8 Å². The number of ether oxygens (including phenoxy) is 3. The Kier molecular flexibility index (Phi) is 33.2. The maximum Gasteiger partial charge on any atom is 0.508 e. The molecule has 2 aliphatic rings. The number of carboxylic acid groups (broad SMARTS) is 4. The number of aliphatic carboxylic acids is 4. The van der Waals surface area contributed by atoms with Gasteiger partial charge >= 0.3 is 36.0 Å². The Morgan fingerprint density at radius 3 is 2.09 bits per heavy atom. The number of carbonyl (C=O) groups excluding carboxylic acids is 8. The minimum Gasteiger partial charge on any atom is -0.481 e. The topological polar surface area (TPSA) is 604 Å². The van der Waals surface area contributed by atoms with Crippen molar-refractivity contribution in [3.05, 3.63) is 73.7 Å². The van der Waals surface area contributed by atoms with Crippen LogP contribution in [0.1, 0.15) is 132 Å². The van der Waals surface area contributed by atoms with Crippen molar-refractivity contribution in [2.45, 2.75) is 179 Å². The molecule has 0 bridgehead atoms. The molecular weight excluding hydrogens is 1480 g/mol. The number of H-pyrrole nitrogens is 1. The number of aromatic amines is 1. The number of nitrogens with two attached hydrogens (primary N) is 3. The van der Waals surface area contributed by atoms with Gasteiger partial charge in [-0.25, -0.2) is 29.3 Å². The molecule has 2 fully saturated rings. The number of nitrogens with zero attached hydrogens (tertiary/aromatic N) is 6. The second-order valence-corrected chi connectivity index (χ2v) is 30.1. The number of rotatable bonds is 36. The number of aromatic nitrogens is 5. The first-order valence-electron chi connectivity index (χ1n) is 34.3. The number of benzene rings is 1. The third kappa shape index (κ3) is 27.3. The van der Waals surface area contributed by atoms with Crippen molar-refractivity contribution in [1.82, 2.24) is 56.4 Å². The lowest BCUT2D eigenvalue weighted by Gasteiger charge is -2.34. The number of guanidine groups is 1. The summed E-state index contributed by atoms with van der Waals surface area (Å²) in [6.45, 7) is 10.1. The number of cyclic esters (lactones) is 1. The van der Waals surface area contributed by atoms with E-state index < -0.39 is 163 Å².